The Morgan fingerprint density at radius 1 is 1.02 bits per heavy atom. The van der Waals surface area contributed by atoms with Crippen LogP contribution in [0.3, 0.4) is 0 Å². The molecule has 1 N–H and O–H groups in total. The zero-order valence-corrected chi connectivity index (χ0v) is 27.8. The fourth-order valence-corrected chi connectivity index (χ4v) is 6.85. The molecule has 9 heteroatoms. The summed E-state index contributed by atoms with van der Waals surface area (Å²) in [6.07, 6.45) is 0.422. The molecule has 0 saturated carbocycles. The van der Waals surface area contributed by atoms with Gasteiger partial charge >= 0.3 is 6.09 Å². The summed E-state index contributed by atoms with van der Waals surface area (Å²) in [5.74, 6) is 0.484. The van der Waals surface area contributed by atoms with Gasteiger partial charge in [-0.3, -0.25) is 0 Å². The van der Waals surface area contributed by atoms with Crippen LogP contribution in [-0.4, -0.2) is 38.2 Å². The summed E-state index contributed by atoms with van der Waals surface area (Å²) >= 11 is 8.06. The van der Waals surface area contributed by atoms with E-state index in [0.29, 0.717) is 47.1 Å². The van der Waals surface area contributed by atoms with Gasteiger partial charge in [-0.2, -0.15) is 0 Å². The molecule has 1 aliphatic heterocycles. The van der Waals surface area contributed by atoms with Crippen LogP contribution in [-0.2, 0) is 24.3 Å². The molecular weight excluding hydrogens is 594 g/mol. The van der Waals surface area contributed by atoms with Crippen molar-refractivity contribution in [1.82, 2.24) is 14.9 Å². The molecule has 3 aromatic carbocycles. The first-order chi connectivity index (χ1) is 21.0. The van der Waals surface area contributed by atoms with Crippen LogP contribution in [0.4, 0.5) is 4.79 Å². The third kappa shape index (κ3) is 6.25. The molecule has 1 amide bonds. The van der Waals surface area contributed by atoms with E-state index in [0.717, 1.165) is 49.0 Å². The molecule has 6 rings (SSSR count). The van der Waals surface area contributed by atoms with Crippen LogP contribution in [0.5, 0.6) is 0 Å². The minimum Gasteiger partial charge on any atom is -0.444 e. The zero-order chi connectivity index (χ0) is 31.8. The Labute approximate surface area is 267 Å². The highest BCUT2D eigenvalue weighted by molar-refractivity contribution is 7.15. The normalized spacial score (nSPS) is 13.0. The number of rotatable bonds is 4. The number of thiazole rings is 1. The van der Waals surface area contributed by atoms with E-state index in [-0.39, 0.29) is 12.7 Å². The lowest BCUT2D eigenvalue weighted by atomic mass is 9.91. The lowest BCUT2D eigenvalue weighted by Crippen LogP contribution is -2.39. The van der Waals surface area contributed by atoms with E-state index >= 15 is 0 Å². The number of fused-ring (bicyclic) bond motifs is 2. The first kappa shape index (κ1) is 31.7. The van der Waals surface area contributed by atoms with Crippen molar-refractivity contribution >= 4 is 40.1 Å². The molecule has 1 aliphatic rings. The Kier molecular flexibility index (Phi) is 9.16. The number of nitrogens with zero attached hydrogens (tertiary/aromatic N) is 3. The summed E-state index contributed by atoms with van der Waals surface area (Å²) < 4.78 is 11.7. The molecule has 0 saturated heterocycles. The molecule has 0 bridgehead atoms. The molecule has 44 heavy (non-hydrogen) atoms. The number of amides is 1. The Balaban J connectivity index is 0.00000188. The quantitative estimate of drug-likeness (QED) is 0.213. The fourth-order valence-electron chi connectivity index (χ4n) is 5.36. The van der Waals surface area contributed by atoms with Crippen molar-refractivity contribution in [1.29, 1.82) is 0 Å². The molecule has 5 aromatic rings. The van der Waals surface area contributed by atoms with Crippen molar-refractivity contribution in [2.75, 3.05) is 6.54 Å². The predicted molar refractivity (Wildman–Crippen MR) is 178 cm³/mol. The molecule has 7 nitrogen and oxygen atoms in total. The van der Waals surface area contributed by atoms with Gasteiger partial charge in [0.25, 0.3) is 0 Å². The van der Waals surface area contributed by atoms with Gasteiger partial charge in [-0.05, 0) is 80.6 Å². The summed E-state index contributed by atoms with van der Waals surface area (Å²) in [6, 6.07) is 15.9. The monoisotopic (exact) mass is 631 g/mol. The fraction of sp³-hybridized carbons (Fsp3) is 0.343. The number of oxazole rings is 1. The first-order valence-electron chi connectivity index (χ1n) is 14.9. The maximum absolute atomic E-state index is 12.7. The van der Waals surface area contributed by atoms with E-state index < -0.39 is 5.60 Å². The van der Waals surface area contributed by atoms with Crippen LogP contribution in [0.15, 0.2) is 52.9 Å². The largest absolute Gasteiger partial charge is 0.444 e. The van der Waals surface area contributed by atoms with Crippen molar-refractivity contribution in [3.63, 3.8) is 0 Å². The van der Waals surface area contributed by atoms with E-state index in [1.54, 1.807) is 28.4 Å². The summed E-state index contributed by atoms with van der Waals surface area (Å²) in [4.78, 5) is 25.2. The Morgan fingerprint density at radius 3 is 2.32 bits per heavy atom. The number of carbonyl (C=O) groups is 1. The van der Waals surface area contributed by atoms with E-state index in [1.807, 2.05) is 46.8 Å². The van der Waals surface area contributed by atoms with Crippen LogP contribution in [0.25, 0.3) is 44.3 Å². The summed E-state index contributed by atoms with van der Waals surface area (Å²) in [5, 5.41) is 10.9. The van der Waals surface area contributed by atoms with Crippen molar-refractivity contribution in [3.05, 3.63) is 80.8 Å². The van der Waals surface area contributed by atoms with Gasteiger partial charge < -0.3 is 19.2 Å². The van der Waals surface area contributed by atoms with Gasteiger partial charge in [0.1, 0.15) is 16.1 Å². The van der Waals surface area contributed by atoms with Crippen molar-refractivity contribution in [3.8, 4) is 33.2 Å². The molecular formula is C35H38ClN3O4S. The SMILES string of the molecule is CC.Cc1c(-c2nc3cc(CO)cc(Cl)c3o2)cccc1-c1cccc(-c2nc3c(s2)CN(C(=O)OC(C)(C)C)CC3)c1C. The van der Waals surface area contributed by atoms with E-state index in [2.05, 4.69) is 38.1 Å². The molecule has 0 fully saturated rings. The van der Waals surface area contributed by atoms with Crippen LogP contribution >= 0.6 is 22.9 Å². The van der Waals surface area contributed by atoms with Gasteiger partial charge in [-0.15, -0.1) is 11.3 Å². The second kappa shape index (κ2) is 12.7. The third-order valence-corrected chi connectivity index (χ3v) is 8.89. The van der Waals surface area contributed by atoms with E-state index in [4.69, 9.17) is 30.7 Å². The maximum Gasteiger partial charge on any atom is 0.410 e. The standard InChI is InChI=1S/C33H32ClN3O4S.C2H6/c1-18-21(8-6-10-23(18)30-35-27-15-20(17-38)14-25(34)29(27)40-30)22-9-7-11-24(19(22)2)31-36-26-12-13-37(16-28(26)42-31)32(39)41-33(3,4)5;1-2/h6-11,14-15,38H,12-13,16-17H2,1-5H3;1-2H3. The molecule has 0 spiro atoms. The molecule has 0 radical (unpaired) electrons. The number of aliphatic hydroxyl groups excluding tert-OH is 1. The number of benzene rings is 3. The number of aliphatic hydroxyl groups is 1. The average Bonchev–Trinajstić information content (AvgIpc) is 3.62. The second-order valence-corrected chi connectivity index (χ2v) is 13.1. The molecule has 2 aromatic heterocycles. The highest BCUT2D eigenvalue weighted by Crippen LogP contribution is 2.40. The number of hydrogen-bond acceptors (Lipinski definition) is 7. The zero-order valence-electron chi connectivity index (χ0n) is 26.2. The van der Waals surface area contributed by atoms with Gasteiger partial charge in [0.05, 0.1) is 23.9 Å². The predicted octanol–water partition coefficient (Wildman–Crippen LogP) is 9.37. The van der Waals surface area contributed by atoms with Gasteiger partial charge in [0, 0.05) is 29.0 Å². The maximum atomic E-state index is 12.7. The average molecular weight is 632 g/mol. The first-order valence-corrected chi connectivity index (χ1v) is 16.1. The smallest absolute Gasteiger partial charge is 0.410 e. The summed E-state index contributed by atoms with van der Waals surface area (Å²) in [5.41, 5.74) is 8.62. The van der Waals surface area contributed by atoms with E-state index in [9.17, 15) is 9.90 Å². The third-order valence-electron chi connectivity index (χ3n) is 7.49. The van der Waals surface area contributed by atoms with E-state index in [1.165, 1.54) is 0 Å². The molecule has 0 aliphatic carbocycles. The number of carbonyl (C=O) groups excluding carboxylic acids is 1. The number of halogens is 1. The van der Waals surface area contributed by atoms with Crippen molar-refractivity contribution < 1.29 is 19.1 Å². The number of aromatic nitrogens is 2. The highest BCUT2D eigenvalue weighted by atomic mass is 35.5. The van der Waals surface area contributed by atoms with Crippen molar-refractivity contribution in [2.24, 2.45) is 0 Å². The molecule has 230 valence electrons. The Hall–Kier alpha value is -3.72. The lowest BCUT2D eigenvalue weighted by Gasteiger charge is -2.29. The number of ether oxygens (including phenoxy) is 1. The summed E-state index contributed by atoms with van der Waals surface area (Å²) in [6.45, 7) is 14.8. The van der Waals surface area contributed by atoms with Gasteiger partial charge in [-0.25, -0.2) is 14.8 Å². The second-order valence-electron chi connectivity index (χ2n) is 11.6. The molecule has 0 unspecified atom stereocenters. The van der Waals surface area contributed by atoms with Gasteiger partial charge in [0.2, 0.25) is 5.89 Å². The van der Waals surface area contributed by atoms with Crippen LogP contribution < -0.4 is 0 Å². The lowest BCUT2D eigenvalue weighted by molar-refractivity contribution is 0.0225. The Morgan fingerprint density at radius 2 is 1.66 bits per heavy atom. The number of hydrogen-bond donors (Lipinski definition) is 1. The van der Waals surface area contributed by atoms with Crippen molar-refractivity contribution in [2.45, 2.75) is 73.6 Å². The minimum absolute atomic E-state index is 0.119. The molecule has 0 atom stereocenters. The van der Waals surface area contributed by atoms with Gasteiger partial charge in [0.15, 0.2) is 5.58 Å². The highest BCUT2D eigenvalue weighted by Gasteiger charge is 2.28. The minimum atomic E-state index is -0.528. The topological polar surface area (TPSA) is 88.7 Å². The summed E-state index contributed by atoms with van der Waals surface area (Å²) in [7, 11) is 0. The molecule has 3 heterocycles. The van der Waals surface area contributed by atoms with Gasteiger partial charge in [-0.1, -0.05) is 55.8 Å². The van der Waals surface area contributed by atoms with Crippen LogP contribution in [0.2, 0.25) is 5.02 Å². The van der Waals surface area contributed by atoms with Crippen LogP contribution in [0.1, 0.15) is 61.9 Å². The Bertz CT molecular complexity index is 1840. The van der Waals surface area contributed by atoms with Crippen LogP contribution in [0, 0.1) is 13.8 Å².